The van der Waals surface area contributed by atoms with E-state index in [1.165, 1.54) is 154 Å². The first-order valence-electron chi connectivity index (χ1n) is 21.7. The van der Waals surface area contributed by atoms with Gasteiger partial charge in [-0.1, -0.05) is 194 Å². The van der Waals surface area contributed by atoms with Crippen LogP contribution in [0.4, 0.5) is 0 Å². The molecular formula is C42H84NO7P. The van der Waals surface area contributed by atoms with E-state index in [4.69, 9.17) is 19.5 Å². The molecule has 9 heteroatoms. The highest BCUT2D eigenvalue weighted by molar-refractivity contribution is 7.47. The van der Waals surface area contributed by atoms with Crippen LogP contribution in [0.3, 0.4) is 0 Å². The molecule has 0 amide bonds. The fourth-order valence-electron chi connectivity index (χ4n) is 6.54. The van der Waals surface area contributed by atoms with Crippen molar-refractivity contribution in [1.29, 1.82) is 0 Å². The summed E-state index contributed by atoms with van der Waals surface area (Å²) in [5, 5.41) is 0. The number of hydrogen-bond donors (Lipinski definition) is 2. The molecule has 0 aromatic carbocycles. The maximum absolute atomic E-state index is 13.3. The molecule has 0 heterocycles. The van der Waals surface area contributed by atoms with Gasteiger partial charge in [0.2, 0.25) is 0 Å². The Balaban J connectivity index is 4.27. The van der Waals surface area contributed by atoms with Crippen molar-refractivity contribution in [3.63, 3.8) is 0 Å². The molecule has 0 saturated heterocycles. The first-order chi connectivity index (χ1) is 24.7. The standard InChI is InChI=1S/C42H84NO7P/c1-4-6-8-10-12-14-16-18-20-22-24-26-28-30-32-34-40(44)42(3,39-50-51(46,47)49-37-36-43)38-48-41(45)35-33-31-29-27-25-23-21-19-17-15-13-11-9-7-5-2/h4-39,43H2,1-3H3,(H,46,47). The minimum Gasteiger partial charge on any atom is -0.465 e. The van der Waals surface area contributed by atoms with Crippen molar-refractivity contribution < 1.29 is 32.8 Å². The van der Waals surface area contributed by atoms with Crippen LogP contribution in [0.5, 0.6) is 0 Å². The van der Waals surface area contributed by atoms with Gasteiger partial charge in [-0.15, -0.1) is 0 Å². The average molecular weight is 746 g/mol. The third-order valence-corrected chi connectivity index (χ3v) is 11.1. The Bertz CT molecular complexity index is 842. The Morgan fingerprint density at radius 3 is 1.22 bits per heavy atom. The number of unbranched alkanes of at least 4 members (excludes halogenated alkanes) is 28. The third kappa shape index (κ3) is 33.5. The largest absolute Gasteiger partial charge is 0.472 e. The Labute approximate surface area is 315 Å². The summed E-state index contributed by atoms with van der Waals surface area (Å²) in [4.78, 5) is 35.9. The lowest BCUT2D eigenvalue weighted by Gasteiger charge is -2.28. The SMILES string of the molecule is CCCCCCCCCCCCCCCCCC(=O)OCC(C)(COP(=O)(O)OCCN)C(=O)CCCCCCCCCCCCCCCCC. The first kappa shape index (κ1) is 50.2. The van der Waals surface area contributed by atoms with E-state index in [2.05, 4.69) is 13.8 Å². The van der Waals surface area contributed by atoms with Gasteiger partial charge in [-0.2, -0.15) is 0 Å². The lowest BCUT2D eigenvalue weighted by atomic mass is 9.84. The number of hydrogen-bond acceptors (Lipinski definition) is 7. The molecule has 0 aliphatic carbocycles. The predicted molar refractivity (Wildman–Crippen MR) is 214 cm³/mol. The fraction of sp³-hybridized carbons (Fsp3) is 0.952. The van der Waals surface area contributed by atoms with Crippen LogP contribution in [0.2, 0.25) is 0 Å². The average Bonchev–Trinajstić information content (AvgIpc) is 3.12. The quantitative estimate of drug-likeness (QED) is 0.0360. The van der Waals surface area contributed by atoms with Crippen molar-refractivity contribution in [3.05, 3.63) is 0 Å². The van der Waals surface area contributed by atoms with E-state index in [1.54, 1.807) is 6.92 Å². The van der Waals surface area contributed by atoms with Crippen LogP contribution >= 0.6 is 7.82 Å². The van der Waals surface area contributed by atoms with E-state index < -0.39 is 13.2 Å². The molecule has 2 unspecified atom stereocenters. The molecule has 51 heavy (non-hydrogen) atoms. The number of ketones is 1. The second-order valence-corrected chi connectivity index (χ2v) is 16.9. The van der Waals surface area contributed by atoms with Gasteiger partial charge >= 0.3 is 13.8 Å². The molecule has 0 saturated carbocycles. The molecule has 304 valence electrons. The molecule has 0 rings (SSSR count). The van der Waals surface area contributed by atoms with Crippen molar-refractivity contribution in [2.24, 2.45) is 11.1 Å². The summed E-state index contributed by atoms with van der Waals surface area (Å²) in [6, 6.07) is 0. The molecule has 3 N–H and O–H groups in total. The second-order valence-electron chi connectivity index (χ2n) is 15.4. The zero-order chi connectivity index (χ0) is 37.7. The minimum absolute atomic E-state index is 0.0697. The summed E-state index contributed by atoms with van der Waals surface area (Å²) in [6.07, 6.45) is 38.2. The molecule has 2 atom stereocenters. The van der Waals surface area contributed by atoms with Crippen LogP contribution in [0.1, 0.15) is 226 Å². The first-order valence-corrected chi connectivity index (χ1v) is 23.2. The van der Waals surface area contributed by atoms with Crippen molar-refractivity contribution >= 4 is 19.6 Å². The van der Waals surface area contributed by atoms with E-state index in [9.17, 15) is 19.0 Å². The number of Topliss-reactive ketones (excluding diaryl/α,β-unsaturated/α-hetero) is 1. The molecule has 0 bridgehead atoms. The predicted octanol–water partition coefficient (Wildman–Crippen LogP) is 12.7. The van der Waals surface area contributed by atoms with Crippen molar-refractivity contribution in [2.45, 2.75) is 226 Å². The van der Waals surface area contributed by atoms with Gasteiger partial charge in [0.05, 0.1) is 18.6 Å². The van der Waals surface area contributed by atoms with Crippen molar-refractivity contribution in [2.75, 3.05) is 26.4 Å². The molecule has 0 radical (unpaired) electrons. The van der Waals surface area contributed by atoms with Gasteiger partial charge < -0.3 is 15.4 Å². The highest BCUT2D eigenvalue weighted by Crippen LogP contribution is 2.44. The van der Waals surface area contributed by atoms with Gasteiger partial charge in [-0.25, -0.2) is 4.57 Å². The van der Waals surface area contributed by atoms with E-state index in [0.717, 1.165) is 38.5 Å². The number of ether oxygens (including phenoxy) is 1. The zero-order valence-corrected chi connectivity index (χ0v) is 34.8. The van der Waals surface area contributed by atoms with Gasteiger partial charge in [0.1, 0.15) is 12.4 Å². The van der Waals surface area contributed by atoms with E-state index in [0.29, 0.717) is 12.8 Å². The summed E-state index contributed by atoms with van der Waals surface area (Å²) >= 11 is 0. The number of carbonyl (C=O) groups is 2. The van der Waals surface area contributed by atoms with Gasteiger partial charge in [0.15, 0.2) is 0 Å². The van der Waals surface area contributed by atoms with Crippen LogP contribution in [-0.2, 0) is 27.9 Å². The molecule has 0 aliphatic rings. The summed E-state index contributed by atoms with van der Waals surface area (Å²) in [5.41, 5.74) is 4.15. The lowest BCUT2D eigenvalue weighted by molar-refractivity contribution is -0.151. The van der Waals surface area contributed by atoms with Gasteiger partial charge in [0, 0.05) is 19.4 Å². The smallest absolute Gasteiger partial charge is 0.465 e. The van der Waals surface area contributed by atoms with Crippen LogP contribution in [0.25, 0.3) is 0 Å². The summed E-state index contributed by atoms with van der Waals surface area (Å²) in [6.45, 7) is 5.56. The van der Waals surface area contributed by atoms with Crippen LogP contribution in [-0.4, -0.2) is 43.0 Å². The van der Waals surface area contributed by atoms with Crippen LogP contribution in [0, 0.1) is 5.41 Å². The topological polar surface area (TPSA) is 125 Å². The molecule has 0 aliphatic heterocycles. The van der Waals surface area contributed by atoms with Gasteiger partial charge in [0.25, 0.3) is 0 Å². The summed E-state index contributed by atoms with van der Waals surface area (Å²) in [5.74, 6) is -0.474. The number of nitrogens with two attached hydrogens (primary N) is 1. The second kappa shape index (κ2) is 36.2. The van der Waals surface area contributed by atoms with Crippen LogP contribution < -0.4 is 5.73 Å². The van der Waals surface area contributed by atoms with E-state index >= 15 is 0 Å². The van der Waals surface area contributed by atoms with Crippen molar-refractivity contribution in [3.8, 4) is 0 Å². The number of rotatable bonds is 41. The molecule has 0 aromatic heterocycles. The van der Waals surface area contributed by atoms with Gasteiger partial charge in [-0.05, 0) is 19.8 Å². The fourth-order valence-corrected chi connectivity index (χ4v) is 7.40. The monoisotopic (exact) mass is 746 g/mol. The van der Waals surface area contributed by atoms with E-state index in [-0.39, 0.29) is 38.1 Å². The number of phosphoric acid groups is 1. The molecular weight excluding hydrogens is 661 g/mol. The molecule has 0 aromatic rings. The van der Waals surface area contributed by atoms with Crippen LogP contribution in [0.15, 0.2) is 0 Å². The number of esters is 1. The van der Waals surface area contributed by atoms with E-state index in [1.807, 2.05) is 0 Å². The number of phosphoric ester groups is 1. The maximum atomic E-state index is 13.3. The Hall–Kier alpha value is -0.790. The molecule has 8 nitrogen and oxygen atoms in total. The maximum Gasteiger partial charge on any atom is 0.472 e. The lowest BCUT2D eigenvalue weighted by Crippen LogP contribution is -2.38. The highest BCUT2D eigenvalue weighted by atomic mass is 31.2. The molecule has 0 fully saturated rings. The van der Waals surface area contributed by atoms with Gasteiger partial charge in [-0.3, -0.25) is 18.6 Å². The Morgan fingerprint density at radius 1 is 0.529 bits per heavy atom. The normalized spacial score (nSPS) is 14.0. The zero-order valence-electron chi connectivity index (χ0n) is 33.9. The number of carbonyl (C=O) groups excluding carboxylic acids is 2. The highest BCUT2D eigenvalue weighted by Gasteiger charge is 2.37. The summed E-state index contributed by atoms with van der Waals surface area (Å²) in [7, 11) is -4.37. The Kier molecular flexibility index (Phi) is 35.6. The Morgan fingerprint density at radius 2 is 0.863 bits per heavy atom. The minimum atomic E-state index is -4.37. The van der Waals surface area contributed by atoms with Crippen molar-refractivity contribution in [1.82, 2.24) is 0 Å². The third-order valence-electron chi connectivity index (χ3n) is 10.1. The summed E-state index contributed by atoms with van der Waals surface area (Å²) < 4.78 is 27.9. The molecule has 0 spiro atoms.